The second-order valence-corrected chi connectivity index (χ2v) is 4.12. The average molecular weight is 216 g/mol. The third-order valence-corrected chi connectivity index (χ3v) is 2.60. The van der Waals surface area contributed by atoms with Gasteiger partial charge in [-0.1, -0.05) is 32.0 Å². The van der Waals surface area contributed by atoms with Gasteiger partial charge in [0.25, 0.3) is 0 Å². The lowest BCUT2D eigenvalue weighted by atomic mass is 10.1. The number of hydrogen-bond donors (Lipinski definition) is 1. The van der Waals surface area contributed by atoms with Crippen molar-refractivity contribution < 1.29 is 5.11 Å². The number of rotatable bonds is 3. The number of nitrogens with zero attached hydrogens (tertiary/aromatic N) is 2. The Morgan fingerprint density at radius 3 is 2.50 bits per heavy atom. The maximum absolute atomic E-state index is 9.27. The first-order valence-electron chi connectivity index (χ1n) is 5.47. The Bertz CT molecular complexity index is 460. The van der Waals surface area contributed by atoms with E-state index in [2.05, 4.69) is 18.9 Å². The SMILES string of the molecule is CC(C)c1c(CO)cnn1-c1ccccc1. The van der Waals surface area contributed by atoms with Crippen molar-refractivity contribution in [3.63, 3.8) is 0 Å². The van der Waals surface area contributed by atoms with Gasteiger partial charge in [0.05, 0.1) is 24.2 Å². The summed E-state index contributed by atoms with van der Waals surface area (Å²) in [5, 5.41) is 13.6. The summed E-state index contributed by atoms with van der Waals surface area (Å²) in [4.78, 5) is 0. The van der Waals surface area contributed by atoms with Crippen molar-refractivity contribution in [1.29, 1.82) is 0 Å². The standard InChI is InChI=1S/C13H16N2O/c1-10(2)13-11(9-16)8-14-15(13)12-6-4-3-5-7-12/h3-8,10,16H,9H2,1-2H3. The highest BCUT2D eigenvalue weighted by atomic mass is 16.3. The second kappa shape index (κ2) is 4.49. The number of aliphatic hydroxyl groups is 1. The zero-order valence-corrected chi connectivity index (χ0v) is 9.59. The molecule has 1 N–H and O–H groups in total. The van der Waals surface area contributed by atoms with E-state index in [4.69, 9.17) is 0 Å². The predicted octanol–water partition coefficient (Wildman–Crippen LogP) is 2.49. The number of aliphatic hydroxyl groups excluding tert-OH is 1. The Balaban J connectivity index is 2.53. The van der Waals surface area contributed by atoms with Crippen molar-refractivity contribution in [3.8, 4) is 5.69 Å². The first kappa shape index (κ1) is 10.9. The van der Waals surface area contributed by atoms with Crippen LogP contribution in [0.3, 0.4) is 0 Å². The van der Waals surface area contributed by atoms with Crippen molar-refractivity contribution >= 4 is 0 Å². The predicted molar refractivity (Wildman–Crippen MR) is 63.6 cm³/mol. The lowest BCUT2D eigenvalue weighted by molar-refractivity contribution is 0.280. The summed E-state index contributed by atoms with van der Waals surface area (Å²) in [5.74, 6) is 0.338. The van der Waals surface area contributed by atoms with Crippen LogP contribution in [0.25, 0.3) is 5.69 Å². The van der Waals surface area contributed by atoms with Crippen molar-refractivity contribution in [2.24, 2.45) is 0 Å². The Hall–Kier alpha value is -1.61. The molecular weight excluding hydrogens is 200 g/mol. The summed E-state index contributed by atoms with van der Waals surface area (Å²) in [7, 11) is 0. The summed E-state index contributed by atoms with van der Waals surface area (Å²) in [6, 6.07) is 9.98. The van der Waals surface area contributed by atoms with Gasteiger partial charge in [-0.15, -0.1) is 0 Å². The van der Waals surface area contributed by atoms with Gasteiger partial charge in [-0.25, -0.2) is 4.68 Å². The molecule has 0 radical (unpaired) electrons. The third kappa shape index (κ3) is 1.86. The van der Waals surface area contributed by atoms with E-state index >= 15 is 0 Å². The van der Waals surface area contributed by atoms with E-state index < -0.39 is 0 Å². The normalized spacial score (nSPS) is 11.0. The van der Waals surface area contributed by atoms with Gasteiger partial charge in [-0.05, 0) is 18.1 Å². The molecule has 3 nitrogen and oxygen atoms in total. The quantitative estimate of drug-likeness (QED) is 0.856. The summed E-state index contributed by atoms with van der Waals surface area (Å²) >= 11 is 0. The van der Waals surface area contributed by atoms with Crippen molar-refractivity contribution in [2.75, 3.05) is 0 Å². The molecule has 0 spiro atoms. The zero-order valence-electron chi connectivity index (χ0n) is 9.59. The van der Waals surface area contributed by atoms with E-state index in [0.29, 0.717) is 5.92 Å². The molecule has 3 heteroatoms. The van der Waals surface area contributed by atoms with Gasteiger partial charge in [0.2, 0.25) is 0 Å². The lowest BCUT2D eigenvalue weighted by Gasteiger charge is -2.11. The highest BCUT2D eigenvalue weighted by Crippen LogP contribution is 2.22. The van der Waals surface area contributed by atoms with Gasteiger partial charge in [0, 0.05) is 5.56 Å². The molecule has 0 aliphatic carbocycles. The zero-order chi connectivity index (χ0) is 11.5. The fourth-order valence-electron chi connectivity index (χ4n) is 1.90. The van der Waals surface area contributed by atoms with Gasteiger partial charge in [0.15, 0.2) is 0 Å². The summed E-state index contributed by atoms with van der Waals surface area (Å²) in [6.45, 7) is 4.26. The molecule has 0 aliphatic heterocycles. The molecule has 0 unspecified atom stereocenters. The monoisotopic (exact) mass is 216 g/mol. The first-order valence-corrected chi connectivity index (χ1v) is 5.47. The van der Waals surface area contributed by atoms with Crippen LogP contribution < -0.4 is 0 Å². The van der Waals surface area contributed by atoms with Gasteiger partial charge in [0.1, 0.15) is 0 Å². The molecule has 0 amide bonds. The molecule has 0 saturated carbocycles. The van der Waals surface area contributed by atoms with E-state index in [1.165, 1.54) is 0 Å². The maximum atomic E-state index is 9.27. The molecule has 0 aliphatic rings. The molecule has 1 aromatic heterocycles. The number of aromatic nitrogens is 2. The highest BCUT2D eigenvalue weighted by molar-refractivity contribution is 5.35. The van der Waals surface area contributed by atoms with Crippen molar-refractivity contribution in [1.82, 2.24) is 9.78 Å². The third-order valence-electron chi connectivity index (χ3n) is 2.60. The Kier molecular flexibility index (Phi) is 3.06. The molecule has 1 heterocycles. The summed E-state index contributed by atoms with van der Waals surface area (Å²) < 4.78 is 1.90. The Labute approximate surface area is 95.3 Å². The van der Waals surface area contributed by atoms with E-state index in [-0.39, 0.29) is 6.61 Å². The van der Waals surface area contributed by atoms with Crippen LogP contribution in [0.15, 0.2) is 36.5 Å². The highest BCUT2D eigenvalue weighted by Gasteiger charge is 2.14. The molecule has 2 aromatic rings. The number of hydrogen-bond acceptors (Lipinski definition) is 2. The first-order chi connectivity index (χ1) is 7.74. The van der Waals surface area contributed by atoms with Crippen molar-refractivity contribution in [2.45, 2.75) is 26.4 Å². The van der Waals surface area contributed by atoms with Crippen LogP contribution in [0.1, 0.15) is 31.0 Å². The minimum absolute atomic E-state index is 0.0420. The molecule has 1 aromatic carbocycles. The minimum atomic E-state index is 0.0420. The number of para-hydroxylation sites is 1. The summed E-state index contributed by atoms with van der Waals surface area (Å²) in [6.07, 6.45) is 1.74. The van der Waals surface area contributed by atoms with E-state index in [0.717, 1.165) is 16.9 Å². The number of benzene rings is 1. The molecule has 16 heavy (non-hydrogen) atoms. The largest absolute Gasteiger partial charge is 0.392 e. The molecule has 0 bridgehead atoms. The smallest absolute Gasteiger partial charge is 0.0715 e. The molecule has 2 rings (SSSR count). The van der Waals surface area contributed by atoms with Crippen LogP contribution in [0, 0.1) is 0 Å². The average Bonchev–Trinajstić information content (AvgIpc) is 2.73. The molecule has 0 saturated heterocycles. The maximum Gasteiger partial charge on any atom is 0.0715 e. The van der Waals surface area contributed by atoms with Crippen LogP contribution in [-0.2, 0) is 6.61 Å². The van der Waals surface area contributed by atoms with Gasteiger partial charge >= 0.3 is 0 Å². The Morgan fingerprint density at radius 2 is 1.94 bits per heavy atom. The Morgan fingerprint density at radius 1 is 1.25 bits per heavy atom. The van der Waals surface area contributed by atoms with Crippen LogP contribution >= 0.6 is 0 Å². The van der Waals surface area contributed by atoms with Crippen LogP contribution in [-0.4, -0.2) is 14.9 Å². The van der Waals surface area contributed by atoms with Crippen LogP contribution in [0.2, 0.25) is 0 Å². The lowest BCUT2D eigenvalue weighted by Crippen LogP contribution is -2.05. The fourth-order valence-corrected chi connectivity index (χ4v) is 1.90. The van der Waals surface area contributed by atoms with E-state index in [1.54, 1.807) is 6.20 Å². The second-order valence-electron chi connectivity index (χ2n) is 4.12. The molecule has 0 fully saturated rings. The topological polar surface area (TPSA) is 38.1 Å². The molecule has 84 valence electrons. The molecule has 0 atom stereocenters. The van der Waals surface area contributed by atoms with Gasteiger partial charge < -0.3 is 5.11 Å². The minimum Gasteiger partial charge on any atom is -0.392 e. The summed E-state index contributed by atoms with van der Waals surface area (Å²) in [5.41, 5.74) is 3.01. The molecular formula is C13H16N2O. The van der Waals surface area contributed by atoms with Gasteiger partial charge in [-0.2, -0.15) is 5.10 Å². The van der Waals surface area contributed by atoms with E-state index in [1.807, 2.05) is 35.0 Å². The van der Waals surface area contributed by atoms with Crippen molar-refractivity contribution in [3.05, 3.63) is 47.8 Å². The van der Waals surface area contributed by atoms with Crippen LogP contribution in [0.5, 0.6) is 0 Å². The fraction of sp³-hybridized carbons (Fsp3) is 0.308. The van der Waals surface area contributed by atoms with E-state index in [9.17, 15) is 5.11 Å². The van der Waals surface area contributed by atoms with Crippen LogP contribution in [0.4, 0.5) is 0 Å². The van der Waals surface area contributed by atoms with Gasteiger partial charge in [-0.3, -0.25) is 0 Å².